The fraction of sp³-hybridized carbons (Fsp3) is 0. The second-order valence-corrected chi connectivity index (χ2v) is 6.13. The number of hydrogen-bond acceptors (Lipinski definition) is 1. The summed E-state index contributed by atoms with van der Waals surface area (Å²) in [5.74, 6) is 0.817. The zero-order valence-electron chi connectivity index (χ0n) is 14.9. The summed E-state index contributed by atoms with van der Waals surface area (Å²) < 4.78 is 1.98. The van der Waals surface area contributed by atoms with E-state index < -0.39 is 0 Å². The van der Waals surface area contributed by atoms with Gasteiger partial charge in [-0.2, -0.15) is 0 Å². The maximum atomic E-state index is 4.60. The van der Waals surface area contributed by atoms with Gasteiger partial charge in [-0.15, -0.1) is 0 Å². The zero-order valence-corrected chi connectivity index (χ0v) is 14.9. The van der Waals surface area contributed by atoms with Crippen LogP contribution in [0.2, 0.25) is 0 Å². The molecule has 0 aliphatic carbocycles. The molecule has 0 spiro atoms. The quantitative estimate of drug-likeness (QED) is 0.393. The highest BCUT2D eigenvalue weighted by Crippen LogP contribution is 2.10. The van der Waals surface area contributed by atoms with Gasteiger partial charge in [0.05, 0.1) is 12.4 Å². The maximum Gasteiger partial charge on any atom is 0.401 e. The molecule has 130 valence electrons. The number of para-hydroxylation sites is 2. The van der Waals surface area contributed by atoms with Crippen molar-refractivity contribution < 1.29 is 4.57 Å². The van der Waals surface area contributed by atoms with E-state index in [1.54, 1.807) is 0 Å². The van der Waals surface area contributed by atoms with Crippen LogP contribution >= 0.6 is 0 Å². The van der Waals surface area contributed by atoms with E-state index in [1.807, 2.05) is 83.7 Å². The summed E-state index contributed by atoms with van der Waals surface area (Å²) in [5.41, 5.74) is 4.35. The van der Waals surface area contributed by atoms with Gasteiger partial charge in [-0.05, 0) is 35.4 Å². The Balaban J connectivity index is 1.39. The molecule has 0 radical (unpaired) electrons. The van der Waals surface area contributed by atoms with Crippen LogP contribution in [0.25, 0.3) is 29.1 Å². The summed E-state index contributed by atoms with van der Waals surface area (Å²) in [6.45, 7) is 0. The second kappa shape index (κ2) is 8.11. The van der Waals surface area contributed by atoms with Crippen molar-refractivity contribution in [1.29, 1.82) is 0 Å². The predicted octanol–water partition coefficient (Wildman–Crippen LogP) is 5.12. The highest BCUT2D eigenvalue weighted by molar-refractivity contribution is 5.75. The number of imidazole rings is 1. The highest BCUT2D eigenvalue weighted by Gasteiger charge is 2.11. The van der Waals surface area contributed by atoms with Crippen molar-refractivity contribution in [3.8, 4) is 5.95 Å². The molecule has 0 fully saturated rings. The number of aromatic nitrogens is 3. The standard InChI is InChI=1S/C24H20N3/c1(4-10-20-11-6-3-7-12-20)2-5-13-21-16-18-27(19-17-21)24-25-22-14-8-9-15-23(22)26-24/h1-19H,(H,25,26)/q+1/b2-1+,10-4+,13-5+. The summed E-state index contributed by atoms with van der Waals surface area (Å²) in [6.07, 6.45) is 16.3. The van der Waals surface area contributed by atoms with Crippen molar-refractivity contribution in [3.63, 3.8) is 0 Å². The van der Waals surface area contributed by atoms with Crippen LogP contribution in [0, 0.1) is 0 Å². The first-order chi connectivity index (χ1) is 13.4. The van der Waals surface area contributed by atoms with Crippen LogP contribution in [0.3, 0.4) is 0 Å². The fourth-order valence-electron chi connectivity index (χ4n) is 2.78. The molecule has 3 nitrogen and oxygen atoms in total. The van der Waals surface area contributed by atoms with Crippen molar-refractivity contribution in [2.24, 2.45) is 0 Å². The van der Waals surface area contributed by atoms with Gasteiger partial charge >= 0.3 is 5.95 Å². The Labute approximate surface area is 158 Å². The van der Waals surface area contributed by atoms with Gasteiger partial charge in [-0.1, -0.05) is 83.9 Å². The second-order valence-electron chi connectivity index (χ2n) is 6.13. The number of pyridine rings is 1. The molecule has 0 saturated carbocycles. The fourth-order valence-corrected chi connectivity index (χ4v) is 2.78. The van der Waals surface area contributed by atoms with Crippen molar-refractivity contribution in [2.75, 3.05) is 0 Å². The molecule has 3 heteroatoms. The maximum absolute atomic E-state index is 4.60. The summed E-state index contributed by atoms with van der Waals surface area (Å²) in [6, 6.07) is 22.4. The molecule has 4 aromatic rings. The van der Waals surface area contributed by atoms with E-state index in [2.05, 4.69) is 46.4 Å². The first kappa shape index (κ1) is 16.7. The van der Waals surface area contributed by atoms with Gasteiger partial charge in [0.15, 0.2) is 5.52 Å². The van der Waals surface area contributed by atoms with Crippen molar-refractivity contribution in [3.05, 3.63) is 115 Å². The number of hydrogen-bond donors (Lipinski definition) is 1. The molecule has 2 heterocycles. The topological polar surface area (TPSA) is 32.6 Å². The Hall–Kier alpha value is -3.72. The molecular weight excluding hydrogens is 330 g/mol. The molecule has 0 aliphatic rings. The lowest BCUT2D eigenvalue weighted by molar-refractivity contribution is -0.603. The molecule has 0 saturated heterocycles. The first-order valence-electron chi connectivity index (χ1n) is 8.91. The third-order valence-electron chi connectivity index (χ3n) is 4.19. The van der Waals surface area contributed by atoms with E-state index in [4.69, 9.17) is 0 Å². The number of fused-ring (bicyclic) bond motifs is 1. The summed E-state index contributed by atoms with van der Waals surface area (Å²) in [7, 11) is 0. The summed E-state index contributed by atoms with van der Waals surface area (Å²) in [5, 5.41) is 0. The molecule has 2 aromatic heterocycles. The van der Waals surface area contributed by atoms with Gasteiger partial charge in [0, 0.05) is 0 Å². The minimum Gasteiger partial charge on any atom is -0.238 e. The first-order valence-corrected chi connectivity index (χ1v) is 8.91. The molecule has 0 amide bonds. The Bertz CT molecular complexity index is 1070. The number of rotatable bonds is 5. The lowest BCUT2D eigenvalue weighted by atomic mass is 10.2. The number of nitrogens with one attached hydrogen (secondary N) is 1. The van der Waals surface area contributed by atoms with Crippen molar-refractivity contribution in [2.45, 2.75) is 0 Å². The van der Waals surface area contributed by atoms with Gasteiger partial charge in [-0.3, -0.25) is 0 Å². The highest BCUT2D eigenvalue weighted by atomic mass is 15.1. The molecule has 0 unspecified atom stereocenters. The summed E-state index contributed by atoms with van der Waals surface area (Å²) in [4.78, 5) is 7.93. The van der Waals surface area contributed by atoms with E-state index in [0.29, 0.717) is 0 Å². The molecule has 0 aliphatic heterocycles. The third kappa shape index (κ3) is 4.28. The van der Waals surface area contributed by atoms with E-state index in [9.17, 15) is 0 Å². The molecule has 0 atom stereocenters. The third-order valence-corrected chi connectivity index (χ3v) is 4.19. The van der Waals surface area contributed by atoms with Gasteiger partial charge in [0.25, 0.3) is 0 Å². The number of aromatic amines is 1. The Kier molecular flexibility index (Phi) is 5.02. The number of benzene rings is 2. The molecule has 4 rings (SSSR count). The lowest BCUT2D eigenvalue weighted by Gasteiger charge is -1.95. The molecule has 0 bridgehead atoms. The van der Waals surface area contributed by atoms with Crippen LogP contribution in [-0.4, -0.2) is 9.97 Å². The van der Waals surface area contributed by atoms with E-state index in [0.717, 1.165) is 22.5 Å². The molecule has 1 N–H and O–H groups in total. The molecule has 27 heavy (non-hydrogen) atoms. The van der Waals surface area contributed by atoms with E-state index in [-0.39, 0.29) is 0 Å². The van der Waals surface area contributed by atoms with Crippen LogP contribution < -0.4 is 4.57 Å². The minimum absolute atomic E-state index is 0.817. The van der Waals surface area contributed by atoms with E-state index >= 15 is 0 Å². The average Bonchev–Trinajstić information content (AvgIpc) is 3.16. The van der Waals surface area contributed by atoms with Gasteiger partial charge in [-0.25, -0.2) is 9.55 Å². The van der Waals surface area contributed by atoms with Crippen LogP contribution in [0.5, 0.6) is 0 Å². The normalized spacial score (nSPS) is 12.0. The van der Waals surface area contributed by atoms with Crippen molar-refractivity contribution in [1.82, 2.24) is 9.97 Å². The number of allylic oxidation sites excluding steroid dienone is 4. The monoisotopic (exact) mass is 350 g/mol. The molecule has 2 aromatic carbocycles. The molecular formula is C24H20N3+. The van der Waals surface area contributed by atoms with Gasteiger partial charge in [0.1, 0.15) is 5.52 Å². The largest absolute Gasteiger partial charge is 0.401 e. The van der Waals surface area contributed by atoms with Crippen LogP contribution in [0.15, 0.2) is 103 Å². The summed E-state index contributed by atoms with van der Waals surface area (Å²) >= 11 is 0. The number of nitrogens with zero attached hydrogens (tertiary/aromatic N) is 2. The van der Waals surface area contributed by atoms with Gasteiger partial charge in [0.2, 0.25) is 0 Å². The van der Waals surface area contributed by atoms with Gasteiger partial charge < -0.3 is 0 Å². The zero-order chi connectivity index (χ0) is 18.3. The van der Waals surface area contributed by atoms with Crippen LogP contribution in [0.1, 0.15) is 11.1 Å². The van der Waals surface area contributed by atoms with Crippen LogP contribution in [-0.2, 0) is 0 Å². The van der Waals surface area contributed by atoms with E-state index in [1.165, 1.54) is 5.56 Å². The smallest absolute Gasteiger partial charge is 0.238 e. The Morgan fingerprint density at radius 3 is 2.00 bits per heavy atom. The predicted molar refractivity (Wildman–Crippen MR) is 111 cm³/mol. The lowest BCUT2D eigenvalue weighted by Crippen LogP contribution is -2.30. The average molecular weight is 350 g/mol. The van der Waals surface area contributed by atoms with Crippen molar-refractivity contribution >= 4 is 23.2 Å². The minimum atomic E-state index is 0.817. The van der Waals surface area contributed by atoms with Crippen LogP contribution in [0.4, 0.5) is 0 Å². The Morgan fingerprint density at radius 1 is 0.667 bits per heavy atom. The SMILES string of the molecule is C(=C\C=C\c1cc[n+](-c2nc3ccccc3[nH]2)cc1)/C=C/c1ccccc1. The number of H-pyrrole nitrogens is 1. The Morgan fingerprint density at radius 2 is 1.30 bits per heavy atom.